The molecule has 3 nitrogen and oxygen atoms in total. The summed E-state index contributed by atoms with van der Waals surface area (Å²) in [6, 6.07) is 4.90. The smallest absolute Gasteiger partial charge is 0.220 e. The fourth-order valence-electron chi connectivity index (χ4n) is 1.10. The Balaban J connectivity index is 2.22. The molecule has 0 spiro atoms. The predicted octanol–water partition coefficient (Wildman–Crippen LogP) is 2.56. The lowest BCUT2D eigenvalue weighted by Gasteiger charge is -1.98. The third-order valence-corrected chi connectivity index (χ3v) is 2.39. The highest BCUT2D eigenvalue weighted by molar-refractivity contribution is 9.10. The highest BCUT2D eigenvalue weighted by Crippen LogP contribution is 2.17. The zero-order chi connectivity index (χ0) is 9.97. The molecular weight excluding hydrogens is 251 g/mol. The molecule has 0 fully saturated rings. The van der Waals surface area contributed by atoms with Gasteiger partial charge in [-0.05, 0) is 33.6 Å². The van der Waals surface area contributed by atoms with Crippen LogP contribution >= 0.6 is 15.9 Å². The Labute approximate surface area is 88.1 Å². The third kappa shape index (κ3) is 1.98. The quantitative estimate of drug-likeness (QED) is 0.829. The minimum Gasteiger partial charge on any atom is -0.428 e. The summed E-state index contributed by atoms with van der Waals surface area (Å²) in [4.78, 5) is 0. The first-order chi connectivity index (χ1) is 6.75. The number of benzene rings is 1. The third-order valence-electron chi connectivity index (χ3n) is 1.74. The summed E-state index contributed by atoms with van der Waals surface area (Å²) in [5.74, 6) is 0.189. The molecule has 5 heteroatoms. The Morgan fingerprint density at radius 2 is 2.29 bits per heavy atom. The van der Waals surface area contributed by atoms with Gasteiger partial charge in [0.15, 0.2) is 0 Å². The van der Waals surface area contributed by atoms with Crippen LogP contribution in [0.5, 0.6) is 0 Å². The van der Waals surface area contributed by atoms with Crippen LogP contribution in [0, 0.1) is 5.82 Å². The molecule has 0 unspecified atom stereocenters. The highest BCUT2D eigenvalue weighted by Gasteiger charge is 2.04. The molecule has 1 aromatic carbocycles. The van der Waals surface area contributed by atoms with Gasteiger partial charge in [-0.15, -0.1) is 10.2 Å². The van der Waals surface area contributed by atoms with Crippen molar-refractivity contribution in [3.8, 4) is 0 Å². The zero-order valence-electron chi connectivity index (χ0n) is 7.08. The SMILES string of the molecule is Fc1cc(Cc2nnco2)ccc1Br. The van der Waals surface area contributed by atoms with Gasteiger partial charge in [0, 0.05) is 0 Å². The fraction of sp³-hybridized carbons (Fsp3) is 0.111. The molecule has 0 atom stereocenters. The van der Waals surface area contributed by atoms with E-state index in [4.69, 9.17) is 4.42 Å². The normalized spacial score (nSPS) is 10.4. The van der Waals surface area contributed by atoms with Crippen LogP contribution < -0.4 is 0 Å². The second-order valence-corrected chi connectivity index (χ2v) is 3.61. The van der Waals surface area contributed by atoms with E-state index < -0.39 is 0 Å². The molecule has 2 aromatic rings. The molecule has 0 aliphatic heterocycles. The van der Waals surface area contributed by atoms with Crippen LogP contribution in [0.4, 0.5) is 4.39 Å². The van der Waals surface area contributed by atoms with Gasteiger partial charge in [-0.2, -0.15) is 0 Å². The topological polar surface area (TPSA) is 38.9 Å². The fourth-order valence-corrected chi connectivity index (χ4v) is 1.34. The van der Waals surface area contributed by atoms with Crippen LogP contribution in [-0.2, 0) is 6.42 Å². The van der Waals surface area contributed by atoms with E-state index in [1.807, 2.05) is 0 Å². The molecule has 0 amide bonds. The molecule has 14 heavy (non-hydrogen) atoms. The Kier molecular flexibility index (Phi) is 2.58. The lowest BCUT2D eigenvalue weighted by molar-refractivity contribution is 0.504. The summed E-state index contributed by atoms with van der Waals surface area (Å²) in [5.41, 5.74) is 0.801. The predicted molar refractivity (Wildman–Crippen MR) is 51.2 cm³/mol. The number of hydrogen-bond donors (Lipinski definition) is 0. The number of nitrogens with zero attached hydrogens (tertiary/aromatic N) is 2. The molecule has 0 N–H and O–H groups in total. The monoisotopic (exact) mass is 256 g/mol. The summed E-state index contributed by atoms with van der Waals surface area (Å²) in [6.07, 6.45) is 1.70. The maximum Gasteiger partial charge on any atom is 0.220 e. The number of aromatic nitrogens is 2. The average molecular weight is 257 g/mol. The molecule has 0 saturated carbocycles. The standard InChI is InChI=1S/C9H6BrFN2O/c10-7-2-1-6(3-8(7)11)4-9-13-12-5-14-9/h1-3,5H,4H2. The van der Waals surface area contributed by atoms with E-state index in [1.165, 1.54) is 12.5 Å². The lowest BCUT2D eigenvalue weighted by atomic mass is 10.1. The van der Waals surface area contributed by atoms with Crippen molar-refractivity contribution in [3.05, 3.63) is 46.3 Å². The van der Waals surface area contributed by atoms with Crippen LogP contribution in [0.1, 0.15) is 11.5 Å². The molecular formula is C9H6BrFN2O. The van der Waals surface area contributed by atoms with Crippen molar-refractivity contribution in [3.63, 3.8) is 0 Å². The van der Waals surface area contributed by atoms with E-state index in [1.54, 1.807) is 12.1 Å². The van der Waals surface area contributed by atoms with Crippen molar-refractivity contribution >= 4 is 15.9 Å². The van der Waals surface area contributed by atoms with Gasteiger partial charge in [0.05, 0.1) is 10.9 Å². The molecule has 0 aliphatic rings. The molecule has 1 heterocycles. The molecule has 1 aromatic heterocycles. The molecule has 2 rings (SSSR count). The maximum atomic E-state index is 13.1. The molecule has 72 valence electrons. The van der Waals surface area contributed by atoms with Crippen molar-refractivity contribution in [1.82, 2.24) is 10.2 Å². The lowest BCUT2D eigenvalue weighted by Crippen LogP contribution is -1.90. The number of hydrogen-bond acceptors (Lipinski definition) is 3. The first-order valence-corrected chi connectivity index (χ1v) is 4.74. The van der Waals surface area contributed by atoms with Gasteiger partial charge in [-0.1, -0.05) is 6.07 Å². The summed E-state index contributed by atoms with van der Waals surface area (Å²) in [7, 11) is 0. The minimum atomic E-state index is -0.290. The molecule has 0 saturated heterocycles. The Hall–Kier alpha value is -1.23. The average Bonchev–Trinajstić information content (AvgIpc) is 2.64. The number of rotatable bonds is 2. The largest absolute Gasteiger partial charge is 0.428 e. The first kappa shape index (κ1) is 9.33. The molecule has 0 radical (unpaired) electrons. The molecule has 0 aliphatic carbocycles. The summed E-state index contributed by atoms with van der Waals surface area (Å²) < 4.78 is 18.5. The van der Waals surface area contributed by atoms with Crippen molar-refractivity contribution in [2.45, 2.75) is 6.42 Å². The van der Waals surface area contributed by atoms with Gasteiger partial charge in [0.1, 0.15) is 5.82 Å². The van der Waals surface area contributed by atoms with Crippen LogP contribution in [0.3, 0.4) is 0 Å². The van der Waals surface area contributed by atoms with Gasteiger partial charge in [0.25, 0.3) is 0 Å². The maximum absolute atomic E-state index is 13.1. The van der Waals surface area contributed by atoms with E-state index >= 15 is 0 Å². The van der Waals surface area contributed by atoms with Crippen LogP contribution in [0.25, 0.3) is 0 Å². The zero-order valence-corrected chi connectivity index (χ0v) is 8.66. The summed E-state index contributed by atoms with van der Waals surface area (Å²) >= 11 is 3.08. The summed E-state index contributed by atoms with van der Waals surface area (Å²) in [6.45, 7) is 0. The molecule has 0 bridgehead atoms. The second-order valence-electron chi connectivity index (χ2n) is 2.76. The van der Waals surface area contributed by atoms with Gasteiger partial charge in [0.2, 0.25) is 12.3 Å². The van der Waals surface area contributed by atoms with Crippen LogP contribution in [-0.4, -0.2) is 10.2 Å². The van der Waals surface area contributed by atoms with Gasteiger partial charge in [-0.25, -0.2) is 4.39 Å². The van der Waals surface area contributed by atoms with E-state index in [2.05, 4.69) is 26.1 Å². The Morgan fingerprint density at radius 1 is 1.43 bits per heavy atom. The van der Waals surface area contributed by atoms with E-state index in [9.17, 15) is 4.39 Å². The first-order valence-electron chi connectivity index (χ1n) is 3.94. The van der Waals surface area contributed by atoms with Crippen molar-refractivity contribution in [2.75, 3.05) is 0 Å². The van der Waals surface area contributed by atoms with E-state index in [0.29, 0.717) is 16.8 Å². The summed E-state index contributed by atoms with van der Waals surface area (Å²) in [5, 5.41) is 7.25. The van der Waals surface area contributed by atoms with Gasteiger partial charge in [-0.3, -0.25) is 0 Å². The van der Waals surface area contributed by atoms with Crippen LogP contribution in [0.15, 0.2) is 33.5 Å². The van der Waals surface area contributed by atoms with Crippen molar-refractivity contribution < 1.29 is 8.81 Å². The van der Waals surface area contributed by atoms with Gasteiger partial charge < -0.3 is 4.42 Å². The van der Waals surface area contributed by atoms with E-state index in [-0.39, 0.29) is 5.82 Å². The van der Waals surface area contributed by atoms with Crippen molar-refractivity contribution in [2.24, 2.45) is 0 Å². The Morgan fingerprint density at radius 3 is 2.93 bits per heavy atom. The van der Waals surface area contributed by atoms with Crippen LogP contribution in [0.2, 0.25) is 0 Å². The van der Waals surface area contributed by atoms with Gasteiger partial charge >= 0.3 is 0 Å². The van der Waals surface area contributed by atoms with Crippen molar-refractivity contribution in [1.29, 1.82) is 0 Å². The Bertz CT molecular complexity index is 430. The van der Waals surface area contributed by atoms with E-state index in [0.717, 1.165) is 5.56 Å². The second kappa shape index (κ2) is 3.88. The minimum absolute atomic E-state index is 0.290. The highest BCUT2D eigenvalue weighted by atomic mass is 79.9. The number of halogens is 2.